The molecule has 0 saturated heterocycles. The summed E-state index contributed by atoms with van der Waals surface area (Å²) in [6.45, 7) is 2.30. The van der Waals surface area contributed by atoms with Crippen LogP contribution in [-0.2, 0) is 14.5 Å². The SMILES string of the molecule is CCCCCOS(=O)(=O)[n+]1ccccc1. The second-order valence-electron chi connectivity index (χ2n) is 3.19. The van der Waals surface area contributed by atoms with E-state index in [0.29, 0.717) is 0 Å². The molecule has 0 saturated carbocycles. The number of nitrogens with zero attached hydrogens (tertiary/aromatic N) is 1. The fraction of sp³-hybridized carbons (Fsp3) is 0.500. The van der Waals surface area contributed by atoms with Gasteiger partial charge >= 0.3 is 10.3 Å². The maximum Gasteiger partial charge on any atom is 0.513 e. The van der Waals surface area contributed by atoms with Gasteiger partial charge in [-0.2, -0.15) is 0 Å². The van der Waals surface area contributed by atoms with E-state index < -0.39 is 10.3 Å². The van der Waals surface area contributed by atoms with E-state index in [1.165, 1.54) is 12.4 Å². The van der Waals surface area contributed by atoms with Crippen molar-refractivity contribution in [2.45, 2.75) is 26.2 Å². The molecule has 1 aromatic rings. The number of aromatic nitrogens is 1. The fourth-order valence-electron chi connectivity index (χ4n) is 1.11. The van der Waals surface area contributed by atoms with Gasteiger partial charge in [-0.1, -0.05) is 29.8 Å². The molecule has 0 atom stereocenters. The third-order valence-corrected chi connectivity index (χ3v) is 3.15. The largest absolute Gasteiger partial charge is 0.513 e. The highest BCUT2D eigenvalue weighted by Gasteiger charge is 2.21. The summed E-state index contributed by atoms with van der Waals surface area (Å²) >= 11 is 0. The topological polar surface area (TPSA) is 47.3 Å². The van der Waals surface area contributed by atoms with Gasteiger partial charge in [0.25, 0.3) is 0 Å². The Labute approximate surface area is 90.8 Å². The number of pyridine rings is 1. The third kappa shape index (κ3) is 3.97. The summed E-state index contributed by atoms with van der Waals surface area (Å²) in [5.41, 5.74) is 0. The monoisotopic (exact) mass is 230 g/mol. The second kappa shape index (κ2) is 5.82. The summed E-state index contributed by atoms with van der Waals surface area (Å²) in [5.74, 6) is 0. The second-order valence-corrected chi connectivity index (χ2v) is 4.70. The summed E-state index contributed by atoms with van der Waals surface area (Å²) in [6, 6.07) is 5.04. The van der Waals surface area contributed by atoms with Crippen LogP contribution in [0.1, 0.15) is 26.2 Å². The molecule has 1 aromatic heterocycles. The molecule has 1 rings (SSSR count). The van der Waals surface area contributed by atoms with Crippen LogP contribution in [0, 0.1) is 0 Å². The average Bonchev–Trinajstić information content (AvgIpc) is 2.26. The van der Waals surface area contributed by atoms with Gasteiger partial charge in [0.15, 0.2) is 12.4 Å². The molecule has 1 heterocycles. The Bertz CT molecular complexity index is 375. The van der Waals surface area contributed by atoms with Crippen molar-refractivity contribution in [2.75, 3.05) is 6.61 Å². The minimum Gasteiger partial charge on any atom is -0.218 e. The first kappa shape index (κ1) is 12.1. The normalized spacial score (nSPS) is 11.5. The maximum atomic E-state index is 11.5. The molecule has 4 nitrogen and oxygen atoms in total. The van der Waals surface area contributed by atoms with E-state index in [2.05, 4.69) is 6.92 Å². The maximum absolute atomic E-state index is 11.5. The summed E-state index contributed by atoms with van der Waals surface area (Å²) < 4.78 is 29.0. The Balaban J connectivity index is 2.53. The zero-order chi connectivity index (χ0) is 11.1. The van der Waals surface area contributed by atoms with Crippen LogP contribution in [0.3, 0.4) is 0 Å². The van der Waals surface area contributed by atoms with E-state index in [-0.39, 0.29) is 6.61 Å². The van der Waals surface area contributed by atoms with Crippen molar-refractivity contribution in [1.29, 1.82) is 0 Å². The van der Waals surface area contributed by atoms with Crippen LogP contribution < -0.4 is 3.97 Å². The Morgan fingerprint density at radius 2 is 1.80 bits per heavy atom. The van der Waals surface area contributed by atoms with Crippen LogP contribution in [0.5, 0.6) is 0 Å². The minimum atomic E-state index is -3.62. The van der Waals surface area contributed by atoms with Crippen LogP contribution in [0.2, 0.25) is 0 Å². The van der Waals surface area contributed by atoms with Crippen molar-refractivity contribution < 1.29 is 16.6 Å². The Morgan fingerprint density at radius 1 is 1.13 bits per heavy atom. The predicted octanol–water partition coefficient (Wildman–Crippen LogP) is 1.27. The van der Waals surface area contributed by atoms with Crippen LogP contribution in [0.25, 0.3) is 0 Å². The van der Waals surface area contributed by atoms with Gasteiger partial charge in [-0.05, 0) is 6.42 Å². The van der Waals surface area contributed by atoms with Crippen LogP contribution in [0.4, 0.5) is 0 Å². The molecule has 0 fully saturated rings. The number of hydrogen-bond donors (Lipinski definition) is 0. The van der Waals surface area contributed by atoms with E-state index in [9.17, 15) is 8.42 Å². The lowest BCUT2D eigenvalue weighted by atomic mass is 10.3. The summed E-state index contributed by atoms with van der Waals surface area (Å²) in [4.78, 5) is 0. The molecule has 0 aromatic carbocycles. The van der Waals surface area contributed by atoms with Gasteiger partial charge in [0.1, 0.15) is 0 Å². The minimum absolute atomic E-state index is 0.248. The summed E-state index contributed by atoms with van der Waals surface area (Å²) in [5, 5.41) is 0. The van der Waals surface area contributed by atoms with E-state index >= 15 is 0 Å². The third-order valence-electron chi connectivity index (χ3n) is 1.93. The molecule has 0 aliphatic carbocycles. The van der Waals surface area contributed by atoms with E-state index in [1.807, 2.05) is 0 Å². The van der Waals surface area contributed by atoms with Crippen LogP contribution in [-0.4, -0.2) is 15.0 Å². The number of rotatable bonds is 6. The van der Waals surface area contributed by atoms with Crippen molar-refractivity contribution in [3.63, 3.8) is 0 Å². The molecule has 5 heteroatoms. The molecule has 0 unspecified atom stereocenters. The van der Waals surface area contributed by atoms with Gasteiger partial charge in [-0.15, -0.1) is 8.42 Å². The molecule has 0 bridgehead atoms. The molecule has 15 heavy (non-hydrogen) atoms. The molecule has 84 valence electrons. The lowest BCUT2D eigenvalue weighted by Crippen LogP contribution is -2.43. The fourth-order valence-corrected chi connectivity index (χ4v) is 2.00. The Hall–Kier alpha value is -0.940. The standard InChI is InChI=1S/C10H16NO3S/c1-2-3-7-10-14-15(12,13)11-8-5-4-6-9-11/h4-6,8-9H,2-3,7,10H2,1H3/q+1. The smallest absolute Gasteiger partial charge is 0.218 e. The number of hydrogen-bond acceptors (Lipinski definition) is 3. The van der Waals surface area contributed by atoms with Gasteiger partial charge in [0, 0.05) is 12.1 Å². The Kier molecular flexibility index (Phi) is 4.71. The average molecular weight is 230 g/mol. The summed E-state index contributed by atoms with van der Waals surface area (Å²) in [6.07, 6.45) is 5.70. The van der Waals surface area contributed by atoms with Gasteiger partial charge in [0.05, 0.1) is 6.61 Å². The molecule has 0 amide bonds. The molecular formula is C10H16NO3S+. The first-order chi connectivity index (χ1) is 7.17. The molecule has 0 radical (unpaired) electrons. The van der Waals surface area contributed by atoms with Gasteiger partial charge in [-0.25, -0.2) is 4.18 Å². The van der Waals surface area contributed by atoms with Gasteiger partial charge in [-0.3, -0.25) is 0 Å². The van der Waals surface area contributed by atoms with Crippen molar-refractivity contribution in [2.24, 2.45) is 0 Å². The van der Waals surface area contributed by atoms with Crippen molar-refractivity contribution in [1.82, 2.24) is 0 Å². The van der Waals surface area contributed by atoms with Gasteiger partial charge < -0.3 is 0 Å². The van der Waals surface area contributed by atoms with Crippen LogP contribution >= 0.6 is 0 Å². The first-order valence-corrected chi connectivity index (χ1v) is 6.39. The molecule has 0 spiro atoms. The zero-order valence-corrected chi connectivity index (χ0v) is 9.61. The van der Waals surface area contributed by atoms with Gasteiger partial charge in [0.2, 0.25) is 0 Å². The van der Waals surface area contributed by atoms with Crippen molar-refractivity contribution >= 4 is 10.3 Å². The highest BCUT2D eigenvalue weighted by Crippen LogP contribution is 1.97. The van der Waals surface area contributed by atoms with E-state index in [4.69, 9.17) is 4.18 Å². The van der Waals surface area contributed by atoms with Crippen molar-refractivity contribution in [3.05, 3.63) is 30.6 Å². The molecular weight excluding hydrogens is 214 g/mol. The molecule has 0 aliphatic rings. The lowest BCUT2D eigenvalue weighted by molar-refractivity contribution is -0.520. The highest BCUT2D eigenvalue weighted by atomic mass is 32.2. The first-order valence-electron chi connectivity index (χ1n) is 5.03. The van der Waals surface area contributed by atoms with E-state index in [0.717, 1.165) is 23.2 Å². The van der Waals surface area contributed by atoms with Crippen molar-refractivity contribution in [3.8, 4) is 0 Å². The highest BCUT2D eigenvalue weighted by molar-refractivity contribution is 7.80. The zero-order valence-electron chi connectivity index (χ0n) is 8.80. The van der Waals surface area contributed by atoms with E-state index in [1.54, 1.807) is 18.2 Å². The predicted molar refractivity (Wildman–Crippen MR) is 56.4 cm³/mol. The molecule has 0 aliphatic heterocycles. The van der Waals surface area contributed by atoms with Crippen LogP contribution in [0.15, 0.2) is 30.6 Å². The molecule has 0 N–H and O–H groups in total. The summed E-state index contributed by atoms with van der Waals surface area (Å²) in [7, 11) is -3.62. The number of unbranched alkanes of at least 4 members (excludes halogenated alkanes) is 2. The quantitative estimate of drug-likeness (QED) is 0.546. The lowest BCUT2D eigenvalue weighted by Gasteiger charge is -1.99. The Morgan fingerprint density at radius 3 is 2.40 bits per heavy atom.